The van der Waals surface area contributed by atoms with Crippen LogP contribution < -0.4 is 0 Å². The Balaban J connectivity index is 1.90. The van der Waals surface area contributed by atoms with Gasteiger partial charge in [0.25, 0.3) is 0 Å². The van der Waals surface area contributed by atoms with Gasteiger partial charge in [-0.05, 0) is 24.2 Å². The predicted octanol–water partition coefficient (Wildman–Crippen LogP) is 4.65. The Hall–Kier alpha value is -0.0400. The number of rotatable bonds is 9. The van der Waals surface area contributed by atoms with Crippen LogP contribution in [0.25, 0.3) is 0 Å². The lowest BCUT2D eigenvalue weighted by molar-refractivity contribution is 0.317. The van der Waals surface area contributed by atoms with Gasteiger partial charge in [0, 0.05) is 0 Å². The fraction of sp³-hybridized carbons (Fsp3) is 1.00. The van der Waals surface area contributed by atoms with Crippen LogP contribution in [0.15, 0.2) is 0 Å². The molecular formula is C15H30O. The van der Waals surface area contributed by atoms with Crippen molar-refractivity contribution in [2.24, 2.45) is 17.8 Å². The zero-order chi connectivity index (χ0) is 12.0. The van der Waals surface area contributed by atoms with Crippen LogP contribution in [0.5, 0.6) is 0 Å². The molecule has 1 rings (SSSR count). The summed E-state index contributed by atoms with van der Waals surface area (Å²) in [6.45, 7) is 10.4. The SMILES string of the molecule is CC(C)CCCC(C)CCCC(C)C1CO1. The molecule has 1 fully saturated rings. The standard InChI is InChI=1S/C15H30O/c1-12(2)7-5-8-13(3)9-6-10-14(4)15-11-16-15/h12-15H,5-11H2,1-4H3. The van der Waals surface area contributed by atoms with E-state index in [1.165, 1.54) is 38.5 Å². The highest BCUT2D eigenvalue weighted by Crippen LogP contribution is 2.26. The van der Waals surface area contributed by atoms with Gasteiger partial charge in [-0.1, -0.05) is 59.8 Å². The smallest absolute Gasteiger partial charge is 0.0835 e. The fourth-order valence-corrected chi connectivity index (χ4v) is 2.38. The number of hydrogen-bond donors (Lipinski definition) is 0. The first-order valence-electron chi connectivity index (χ1n) is 7.21. The Morgan fingerprint density at radius 1 is 0.938 bits per heavy atom. The van der Waals surface area contributed by atoms with Gasteiger partial charge in [-0.2, -0.15) is 0 Å². The normalized spacial score (nSPS) is 23.4. The average Bonchev–Trinajstić information content (AvgIpc) is 2.99. The minimum absolute atomic E-state index is 0.608. The van der Waals surface area contributed by atoms with Crippen LogP contribution in [0.2, 0.25) is 0 Å². The van der Waals surface area contributed by atoms with Gasteiger partial charge in [-0.25, -0.2) is 0 Å². The van der Waals surface area contributed by atoms with Crippen molar-refractivity contribution in [3.8, 4) is 0 Å². The average molecular weight is 226 g/mol. The molecule has 16 heavy (non-hydrogen) atoms. The molecule has 1 aliphatic heterocycles. The van der Waals surface area contributed by atoms with Crippen molar-refractivity contribution in [1.82, 2.24) is 0 Å². The molecule has 3 atom stereocenters. The molecule has 0 aromatic rings. The van der Waals surface area contributed by atoms with Crippen molar-refractivity contribution in [1.29, 1.82) is 0 Å². The van der Waals surface area contributed by atoms with Crippen molar-refractivity contribution in [2.45, 2.75) is 72.3 Å². The van der Waals surface area contributed by atoms with Gasteiger partial charge < -0.3 is 4.74 Å². The summed E-state index contributed by atoms with van der Waals surface area (Å²) in [4.78, 5) is 0. The van der Waals surface area contributed by atoms with Gasteiger partial charge >= 0.3 is 0 Å². The van der Waals surface area contributed by atoms with Crippen LogP contribution in [0.4, 0.5) is 0 Å². The zero-order valence-electron chi connectivity index (χ0n) is 11.7. The topological polar surface area (TPSA) is 12.5 Å². The molecule has 1 saturated heterocycles. The van der Waals surface area contributed by atoms with Crippen molar-refractivity contribution in [2.75, 3.05) is 6.61 Å². The molecule has 1 heterocycles. The molecule has 96 valence electrons. The maximum Gasteiger partial charge on any atom is 0.0835 e. The summed E-state index contributed by atoms with van der Waals surface area (Å²) in [6, 6.07) is 0. The molecule has 0 aromatic carbocycles. The van der Waals surface area contributed by atoms with Gasteiger partial charge in [0.1, 0.15) is 0 Å². The summed E-state index contributed by atoms with van der Waals surface area (Å²) in [6.07, 6.45) is 9.01. The van der Waals surface area contributed by atoms with Gasteiger partial charge in [-0.3, -0.25) is 0 Å². The highest BCUT2D eigenvalue weighted by atomic mass is 16.6. The zero-order valence-corrected chi connectivity index (χ0v) is 11.7. The monoisotopic (exact) mass is 226 g/mol. The van der Waals surface area contributed by atoms with Crippen LogP contribution >= 0.6 is 0 Å². The quantitative estimate of drug-likeness (QED) is 0.521. The summed E-state index contributed by atoms with van der Waals surface area (Å²) >= 11 is 0. The van der Waals surface area contributed by atoms with Gasteiger partial charge in [-0.15, -0.1) is 0 Å². The Morgan fingerprint density at radius 2 is 1.50 bits per heavy atom. The maximum absolute atomic E-state index is 5.32. The van der Waals surface area contributed by atoms with E-state index in [0.29, 0.717) is 6.10 Å². The number of epoxide rings is 1. The van der Waals surface area contributed by atoms with E-state index < -0.39 is 0 Å². The van der Waals surface area contributed by atoms with Gasteiger partial charge in [0.15, 0.2) is 0 Å². The summed E-state index contributed by atoms with van der Waals surface area (Å²) in [7, 11) is 0. The van der Waals surface area contributed by atoms with Crippen molar-refractivity contribution < 1.29 is 4.74 Å². The maximum atomic E-state index is 5.32. The fourth-order valence-electron chi connectivity index (χ4n) is 2.38. The summed E-state index contributed by atoms with van der Waals surface area (Å²) in [5.74, 6) is 2.59. The van der Waals surface area contributed by atoms with E-state index in [0.717, 1.165) is 24.4 Å². The molecule has 0 saturated carbocycles. The molecule has 0 amide bonds. The molecule has 0 aliphatic carbocycles. The Labute approximate surface area is 102 Å². The first-order chi connectivity index (χ1) is 7.59. The van der Waals surface area contributed by atoms with E-state index in [1.807, 2.05) is 0 Å². The molecule has 1 heteroatoms. The predicted molar refractivity (Wildman–Crippen MR) is 70.6 cm³/mol. The van der Waals surface area contributed by atoms with E-state index in [9.17, 15) is 0 Å². The molecule has 0 aromatic heterocycles. The van der Waals surface area contributed by atoms with E-state index in [-0.39, 0.29) is 0 Å². The first kappa shape index (κ1) is 14.0. The molecule has 3 unspecified atom stereocenters. The van der Waals surface area contributed by atoms with Crippen molar-refractivity contribution in [3.63, 3.8) is 0 Å². The lowest BCUT2D eigenvalue weighted by atomic mass is 9.93. The lowest BCUT2D eigenvalue weighted by Gasteiger charge is -2.13. The van der Waals surface area contributed by atoms with Crippen LogP contribution in [-0.4, -0.2) is 12.7 Å². The van der Waals surface area contributed by atoms with E-state index in [4.69, 9.17) is 4.74 Å². The molecular weight excluding hydrogens is 196 g/mol. The number of ether oxygens (including phenoxy) is 1. The highest BCUT2D eigenvalue weighted by molar-refractivity contribution is 4.75. The van der Waals surface area contributed by atoms with E-state index >= 15 is 0 Å². The summed E-state index contributed by atoms with van der Waals surface area (Å²) < 4.78 is 5.32. The van der Waals surface area contributed by atoms with Crippen LogP contribution in [0.3, 0.4) is 0 Å². The second kappa shape index (κ2) is 7.32. The number of hydrogen-bond acceptors (Lipinski definition) is 1. The minimum atomic E-state index is 0.608. The van der Waals surface area contributed by atoms with Crippen molar-refractivity contribution in [3.05, 3.63) is 0 Å². The van der Waals surface area contributed by atoms with Gasteiger partial charge in [0.05, 0.1) is 12.7 Å². The third-order valence-corrected chi connectivity index (χ3v) is 3.83. The minimum Gasteiger partial charge on any atom is -0.373 e. The van der Waals surface area contributed by atoms with E-state index in [1.54, 1.807) is 0 Å². The Morgan fingerprint density at radius 3 is 2.00 bits per heavy atom. The third-order valence-electron chi connectivity index (χ3n) is 3.83. The third kappa shape index (κ3) is 6.52. The van der Waals surface area contributed by atoms with Crippen LogP contribution in [-0.2, 0) is 4.74 Å². The second-order valence-electron chi connectivity index (χ2n) is 6.21. The molecule has 0 radical (unpaired) electrons. The lowest BCUT2D eigenvalue weighted by Crippen LogP contribution is -2.04. The summed E-state index contributed by atoms with van der Waals surface area (Å²) in [5.41, 5.74) is 0. The molecule has 0 bridgehead atoms. The Kier molecular flexibility index (Phi) is 6.41. The molecule has 0 N–H and O–H groups in total. The van der Waals surface area contributed by atoms with Crippen LogP contribution in [0.1, 0.15) is 66.2 Å². The van der Waals surface area contributed by atoms with Gasteiger partial charge in [0.2, 0.25) is 0 Å². The van der Waals surface area contributed by atoms with Crippen molar-refractivity contribution >= 4 is 0 Å². The molecule has 0 spiro atoms. The molecule has 1 aliphatic rings. The Bertz CT molecular complexity index is 172. The van der Waals surface area contributed by atoms with E-state index in [2.05, 4.69) is 27.7 Å². The van der Waals surface area contributed by atoms with Crippen LogP contribution in [0, 0.1) is 17.8 Å². The summed E-state index contributed by atoms with van der Waals surface area (Å²) in [5, 5.41) is 0. The highest BCUT2D eigenvalue weighted by Gasteiger charge is 2.28. The largest absolute Gasteiger partial charge is 0.373 e. The second-order valence-corrected chi connectivity index (χ2v) is 6.21. The first-order valence-corrected chi connectivity index (χ1v) is 7.21. The molecule has 1 nitrogen and oxygen atoms in total.